The Kier molecular flexibility index (Phi) is 1.67. The molecule has 1 rings (SSSR count). The highest BCUT2D eigenvalue weighted by Gasteiger charge is 2.13. The Hall–Kier alpha value is -1.37. The van der Waals surface area contributed by atoms with Gasteiger partial charge in [0.25, 0.3) is 0 Å². The molecule has 0 spiro atoms. The Morgan fingerprint density at radius 3 is 2.60 bits per heavy atom. The number of carbonyl (C=O) groups is 1. The number of hydrogen-bond donors (Lipinski definition) is 0. The first-order valence-corrected chi connectivity index (χ1v) is 2.99. The molecule has 0 saturated heterocycles. The summed E-state index contributed by atoms with van der Waals surface area (Å²) in [4.78, 5) is 19.2. The summed E-state index contributed by atoms with van der Waals surface area (Å²) in [5.74, 6) is 0. The highest BCUT2D eigenvalue weighted by Crippen LogP contribution is 2.14. The van der Waals surface area contributed by atoms with Gasteiger partial charge >= 0.3 is 5.13 Å². The van der Waals surface area contributed by atoms with Gasteiger partial charge in [-0.15, -0.1) is 0 Å². The van der Waals surface area contributed by atoms with Gasteiger partial charge < -0.3 is 10.1 Å². The SMILES string of the molecule is O=Cc1nnc([N+](=O)[O-])s1. The Bertz CT molecular complexity index is 270. The lowest BCUT2D eigenvalue weighted by Gasteiger charge is -1.79. The fraction of sp³-hybridized carbons (Fsp3) is 0. The smallest absolute Gasteiger partial charge is 0.357 e. The maximum Gasteiger partial charge on any atom is 0.450 e. The van der Waals surface area contributed by atoms with Crippen molar-refractivity contribution in [2.24, 2.45) is 0 Å². The van der Waals surface area contributed by atoms with Gasteiger partial charge in [0, 0.05) is 0 Å². The monoisotopic (exact) mass is 159 g/mol. The van der Waals surface area contributed by atoms with E-state index in [1.54, 1.807) is 0 Å². The second-order valence-electron chi connectivity index (χ2n) is 1.30. The molecule has 52 valence electrons. The van der Waals surface area contributed by atoms with Crippen molar-refractivity contribution in [3.05, 3.63) is 15.1 Å². The maximum absolute atomic E-state index is 9.93. The summed E-state index contributed by atoms with van der Waals surface area (Å²) in [6.45, 7) is 0. The Morgan fingerprint density at radius 2 is 2.30 bits per heavy atom. The van der Waals surface area contributed by atoms with Crippen LogP contribution in [0.25, 0.3) is 0 Å². The van der Waals surface area contributed by atoms with Crippen molar-refractivity contribution in [1.29, 1.82) is 0 Å². The highest BCUT2D eigenvalue weighted by molar-refractivity contribution is 7.15. The first-order valence-electron chi connectivity index (χ1n) is 2.17. The van der Waals surface area contributed by atoms with E-state index >= 15 is 0 Å². The molecule has 0 saturated carbocycles. The summed E-state index contributed by atoms with van der Waals surface area (Å²) in [5.41, 5.74) is 0. The molecular weight excluding hydrogens is 158 g/mol. The molecule has 0 atom stereocenters. The van der Waals surface area contributed by atoms with E-state index in [-0.39, 0.29) is 10.1 Å². The second kappa shape index (κ2) is 2.48. The predicted octanol–water partition coefficient (Wildman–Crippen LogP) is 0.259. The first-order chi connectivity index (χ1) is 4.74. The Labute approximate surface area is 58.7 Å². The fourth-order valence-corrected chi connectivity index (χ4v) is 0.821. The number of nitrogens with zero attached hydrogens (tertiary/aromatic N) is 3. The number of rotatable bonds is 2. The van der Waals surface area contributed by atoms with Gasteiger partial charge in [-0.2, -0.15) is 0 Å². The van der Waals surface area contributed by atoms with Gasteiger partial charge in [-0.05, 0) is 21.4 Å². The molecule has 7 heteroatoms. The molecule has 1 heterocycles. The van der Waals surface area contributed by atoms with Crippen LogP contribution in [-0.4, -0.2) is 21.4 Å². The molecule has 10 heavy (non-hydrogen) atoms. The van der Waals surface area contributed by atoms with Gasteiger partial charge in [-0.3, -0.25) is 4.79 Å². The average Bonchev–Trinajstić information content (AvgIpc) is 2.34. The summed E-state index contributed by atoms with van der Waals surface area (Å²) in [7, 11) is 0. The summed E-state index contributed by atoms with van der Waals surface area (Å²) < 4.78 is 0. The van der Waals surface area contributed by atoms with Crippen LogP contribution in [0.1, 0.15) is 9.80 Å². The molecule has 0 aromatic carbocycles. The molecule has 6 nitrogen and oxygen atoms in total. The van der Waals surface area contributed by atoms with E-state index in [4.69, 9.17) is 0 Å². The van der Waals surface area contributed by atoms with Crippen molar-refractivity contribution in [3.63, 3.8) is 0 Å². The lowest BCUT2D eigenvalue weighted by molar-refractivity contribution is -0.385. The van der Waals surface area contributed by atoms with Gasteiger partial charge in [0.15, 0.2) is 6.29 Å². The number of hydrogen-bond acceptors (Lipinski definition) is 6. The number of carbonyl (C=O) groups excluding carboxylic acids is 1. The van der Waals surface area contributed by atoms with Crippen LogP contribution in [0.15, 0.2) is 0 Å². The summed E-state index contributed by atoms with van der Waals surface area (Å²) in [6, 6.07) is 0. The zero-order valence-electron chi connectivity index (χ0n) is 4.55. The van der Waals surface area contributed by atoms with E-state index in [9.17, 15) is 14.9 Å². The van der Waals surface area contributed by atoms with Crippen molar-refractivity contribution in [3.8, 4) is 0 Å². The molecule has 1 aromatic rings. The van der Waals surface area contributed by atoms with E-state index in [0.717, 1.165) is 0 Å². The van der Waals surface area contributed by atoms with Crippen LogP contribution < -0.4 is 0 Å². The number of aromatic nitrogens is 2. The van der Waals surface area contributed by atoms with Crippen molar-refractivity contribution in [2.75, 3.05) is 0 Å². The molecule has 0 unspecified atom stereocenters. The molecule has 0 amide bonds. The molecule has 0 bridgehead atoms. The van der Waals surface area contributed by atoms with Crippen LogP contribution in [0.5, 0.6) is 0 Å². The Balaban J connectivity index is 2.98. The van der Waals surface area contributed by atoms with E-state index in [0.29, 0.717) is 17.6 Å². The van der Waals surface area contributed by atoms with E-state index in [1.807, 2.05) is 0 Å². The molecule has 0 aliphatic heterocycles. The Morgan fingerprint density at radius 1 is 1.60 bits per heavy atom. The van der Waals surface area contributed by atoms with Crippen molar-refractivity contribution in [2.45, 2.75) is 0 Å². The summed E-state index contributed by atoms with van der Waals surface area (Å²) in [6.07, 6.45) is 0.421. The van der Waals surface area contributed by atoms with Crippen LogP contribution in [0.4, 0.5) is 5.13 Å². The molecule has 0 N–H and O–H groups in total. The van der Waals surface area contributed by atoms with Crippen molar-refractivity contribution in [1.82, 2.24) is 10.2 Å². The fourth-order valence-electron chi connectivity index (χ4n) is 0.348. The van der Waals surface area contributed by atoms with Gasteiger partial charge in [0.05, 0.1) is 5.10 Å². The predicted molar refractivity (Wildman–Crippen MR) is 32.0 cm³/mol. The van der Waals surface area contributed by atoms with Crippen molar-refractivity contribution < 1.29 is 9.72 Å². The minimum absolute atomic E-state index is 0.0201. The van der Waals surface area contributed by atoms with Gasteiger partial charge in [0.2, 0.25) is 5.01 Å². The highest BCUT2D eigenvalue weighted by atomic mass is 32.1. The lowest BCUT2D eigenvalue weighted by atomic mass is 10.8. The molecule has 1 aromatic heterocycles. The van der Waals surface area contributed by atoms with E-state index < -0.39 is 4.92 Å². The quantitative estimate of drug-likeness (QED) is 0.351. The van der Waals surface area contributed by atoms with Crippen LogP contribution in [-0.2, 0) is 0 Å². The van der Waals surface area contributed by atoms with Crippen LogP contribution in [0.2, 0.25) is 0 Å². The third-order valence-electron chi connectivity index (χ3n) is 0.687. The van der Waals surface area contributed by atoms with Crippen LogP contribution >= 0.6 is 11.3 Å². The van der Waals surface area contributed by atoms with Crippen LogP contribution in [0.3, 0.4) is 0 Å². The molecule has 0 aliphatic rings. The molecular formula is C3HN3O3S. The standard InChI is InChI=1S/C3HN3O3S/c7-1-2-4-5-3(10-2)6(8)9/h1H. The topological polar surface area (TPSA) is 86.0 Å². The first kappa shape index (κ1) is 6.75. The molecule has 0 radical (unpaired) electrons. The summed E-state index contributed by atoms with van der Waals surface area (Å²) in [5, 5.41) is 15.9. The van der Waals surface area contributed by atoms with E-state index in [2.05, 4.69) is 10.2 Å². The van der Waals surface area contributed by atoms with Gasteiger partial charge in [-0.25, -0.2) is 0 Å². The van der Waals surface area contributed by atoms with Gasteiger partial charge in [0.1, 0.15) is 0 Å². The third kappa shape index (κ3) is 1.13. The maximum atomic E-state index is 9.93. The number of nitro groups is 1. The second-order valence-corrected chi connectivity index (χ2v) is 2.29. The van der Waals surface area contributed by atoms with Crippen LogP contribution in [0, 0.1) is 10.1 Å². The van der Waals surface area contributed by atoms with Gasteiger partial charge in [-0.1, -0.05) is 0 Å². The average molecular weight is 159 g/mol. The lowest BCUT2D eigenvalue weighted by Crippen LogP contribution is -1.84. The zero-order valence-corrected chi connectivity index (χ0v) is 5.37. The van der Waals surface area contributed by atoms with Crippen molar-refractivity contribution >= 4 is 22.8 Å². The third-order valence-corrected chi connectivity index (χ3v) is 1.49. The number of aldehydes is 1. The minimum Gasteiger partial charge on any atom is -0.357 e. The molecule has 0 fully saturated rings. The largest absolute Gasteiger partial charge is 0.450 e. The zero-order chi connectivity index (χ0) is 7.56. The normalized spacial score (nSPS) is 9.20. The minimum atomic E-state index is -0.690. The van der Waals surface area contributed by atoms with E-state index in [1.165, 1.54) is 0 Å². The summed E-state index contributed by atoms with van der Waals surface area (Å²) >= 11 is 0.652. The molecule has 0 aliphatic carbocycles.